The van der Waals surface area contributed by atoms with Gasteiger partial charge in [0.15, 0.2) is 0 Å². The Bertz CT molecular complexity index is 550. The summed E-state index contributed by atoms with van der Waals surface area (Å²) in [6.45, 7) is 0.300. The van der Waals surface area contributed by atoms with Crippen LogP contribution < -0.4 is 11.1 Å². The Morgan fingerprint density at radius 1 is 1.43 bits per heavy atom. The van der Waals surface area contributed by atoms with Crippen molar-refractivity contribution < 1.29 is 19.5 Å². The van der Waals surface area contributed by atoms with Crippen LogP contribution in [0.2, 0.25) is 0 Å². The van der Waals surface area contributed by atoms with Crippen LogP contribution in [0.4, 0.5) is 4.79 Å². The number of carboxylic acids is 1. The van der Waals surface area contributed by atoms with Gasteiger partial charge in [-0.15, -0.1) is 0 Å². The summed E-state index contributed by atoms with van der Waals surface area (Å²) in [6, 6.07) is 5.45. The topological polar surface area (TPSA) is 113 Å². The van der Waals surface area contributed by atoms with Crippen molar-refractivity contribution in [2.24, 2.45) is 5.73 Å². The SMILES string of the molecule is CN(Cc1cccc(Br)c1)C(=O)NC(CC(N)=O)C(=O)O. The molecule has 1 atom stereocenters. The zero-order valence-corrected chi connectivity index (χ0v) is 13.0. The summed E-state index contributed by atoms with van der Waals surface area (Å²) < 4.78 is 0.881. The molecule has 21 heavy (non-hydrogen) atoms. The maximum absolute atomic E-state index is 11.9. The van der Waals surface area contributed by atoms with Crippen LogP contribution in [0.5, 0.6) is 0 Å². The molecule has 1 aromatic rings. The third-order valence-corrected chi connectivity index (χ3v) is 3.15. The number of nitrogens with one attached hydrogen (secondary N) is 1. The van der Waals surface area contributed by atoms with E-state index in [1.165, 1.54) is 11.9 Å². The van der Waals surface area contributed by atoms with E-state index in [0.29, 0.717) is 6.54 Å². The zero-order chi connectivity index (χ0) is 16.0. The molecule has 0 spiro atoms. The fraction of sp³-hybridized carbons (Fsp3) is 0.308. The maximum Gasteiger partial charge on any atom is 0.326 e. The Labute approximate surface area is 130 Å². The van der Waals surface area contributed by atoms with Crippen molar-refractivity contribution in [1.29, 1.82) is 0 Å². The molecule has 7 nitrogen and oxygen atoms in total. The van der Waals surface area contributed by atoms with E-state index in [1.54, 1.807) is 0 Å². The summed E-state index contributed by atoms with van der Waals surface area (Å²) in [6.07, 6.45) is -0.453. The van der Waals surface area contributed by atoms with Gasteiger partial charge in [0.05, 0.1) is 6.42 Å². The second-order valence-electron chi connectivity index (χ2n) is 4.50. The molecule has 0 aromatic heterocycles. The number of carbonyl (C=O) groups excluding carboxylic acids is 2. The Hall–Kier alpha value is -2.09. The lowest BCUT2D eigenvalue weighted by Crippen LogP contribution is -2.48. The van der Waals surface area contributed by atoms with Crippen LogP contribution >= 0.6 is 15.9 Å². The number of aliphatic carboxylic acids is 1. The number of benzene rings is 1. The van der Waals surface area contributed by atoms with Crippen LogP contribution in [-0.4, -0.2) is 41.0 Å². The Morgan fingerprint density at radius 2 is 2.10 bits per heavy atom. The van der Waals surface area contributed by atoms with E-state index in [0.717, 1.165) is 10.0 Å². The quantitative estimate of drug-likeness (QED) is 0.702. The van der Waals surface area contributed by atoms with Gasteiger partial charge in [0.2, 0.25) is 5.91 Å². The van der Waals surface area contributed by atoms with Gasteiger partial charge in [-0.3, -0.25) is 4.79 Å². The lowest BCUT2D eigenvalue weighted by Gasteiger charge is -2.21. The molecular weight excluding hydrogens is 342 g/mol. The number of halogens is 1. The molecule has 3 amide bonds. The molecule has 4 N–H and O–H groups in total. The average Bonchev–Trinajstić information content (AvgIpc) is 2.37. The van der Waals surface area contributed by atoms with Crippen molar-refractivity contribution in [3.8, 4) is 0 Å². The number of nitrogens with two attached hydrogens (primary N) is 1. The van der Waals surface area contributed by atoms with Crippen LogP contribution in [0.3, 0.4) is 0 Å². The van der Waals surface area contributed by atoms with Gasteiger partial charge in [-0.2, -0.15) is 0 Å². The summed E-state index contributed by atoms with van der Waals surface area (Å²) >= 11 is 3.33. The molecule has 0 saturated heterocycles. The fourth-order valence-electron chi connectivity index (χ4n) is 1.64. The number of primary amides is 1. The first-order chi connectivity index (χ1) is 9.79. The highest BCUT2D eigenvalue weighted by molar-refractivity contribution is 9.10. The zero-order valence-electron chi connectivity index (χ0n) is 11.4. The van der Waals surface area contributed by atoms with E-state index < -0.39 is 30.4 Å². The van der Waals surface area contributed by atoms with E-state index in [9.17, 15) is 14.4 Å². The molecule has 0 saturated carbocycles. The molecule has 0 aliphatic heterocycles. The number of nitrogens with zero attached hydrogens (tertiary/aromatic N) is 1. The van der Waals surface area contributed by atoms with Crippen molar-refractivity contribution in [2.45, 2.75) is 19.0 Å². The van der Waals surface area contributed by atoms with E-state index in [2.05, 4.69) is 21.2 Å². The first kappa shape index (κ1) is 17.0. The summed E-state index contributed by atoms with van der Waals surface area (Å²) in [5.74, 6) is -2.10. The van der Waals surface area contributed by atoms with Crippen molar-refractivity contribution >= 4 is 33.8 Å². The normalized spacial score (nSPS) is 11.5. The second-order valence-corrected chi connectivity index (χ2v) is 5.41. The minimum atomic E-state index is -1.33. The van der Waals surface area contributed by atoms with Crippen LogP contribution in [0, 0.1) is 0 Å². The largest absolute Gasteiger partial charge is 0.480 e. The summed E-state index contributed by atoms with van der Waals surface area (Å²) in [5, 5.41) is 11.2. The Morgan fingerprint density at radius 3 is 2.62 bits per heavy atom. The smallest absolute Gasteiger partial charge is 0.326 e. The highest BCUT2D eigenvalue weighted by Crippen LogP contribution is 2.13. The van der Waals surface area contributed by atoms with Gasteiger partial charge in [-0.05, 0) is 17.7 Å². The second kappa shape index (κ2) is 7.63. The molecule has 1 aromatic carbocycles. The van der Waals surface area contributed by atoms with Gasteiger partial charge in [0, 0.05) is 18.1 Å². The standard InChI is InChI=1S/C13H16BrN3O4/c1-17(7-8-3-2-4-9(14)5-8)13(21)16-10(12(19)20)6-11(15)18/h2-5,10H,6-7H2,1H3,(H2,15,18)(H,16,21)(H,19,20). The van der Waals surface area contributed by atoms with E-state index in [1.807, 2.05) is 24.3 Å². The molecule has 0 heterocycles. The average molecular weight is 358 g/mol. The summed E-state index contributed by atoms with van der Waals surface area (Å²) in [4.78, 5) is 35.0. The molecule has 0 radical (unpaired) electrons. The predicted molar refractivity (Wildman–Crippen MR) is 79.4 cm³/mol. The number of carboxylic acid groups (broad SMARTS) is 1. The van der Waals surface area contributed by atoms with Gasteiger partial charge in [-0.1, -0.05) is 28.1 Å². The number of rotatable bonds is 6. The monoisotopic (exact) mass is 357 g/mol. The van der Waals surface area contributed by atoms with Crippen LogP contribution in [0.15, 0.2) is 28.7 Å². The van der Waals surface area contributed by atoms with Crippen LogP contribution in [-0.2, 0) is 16.1 Å². The maximum atomic E-state index is 11.9. The van der Waals surface area contributed by atoms with E-state index in [-0.39, 0.29) is 0 Å². The molecule has 1 unspecified atom stereocenters. The summed E-state index contributed by atoms with van der Waals surface area (Å²) in [7, 11) is 1.53. The third kappa shape index (κ3) is 5.82. The molecule has 0 bridgehead atoms. The number of hydrogen-bond donors (Lipinski definition) is 3. The Balaban J connectivity index is 2.64. The molecule has 114 valence electrons. The molecule has 0 aliphatic rings. The minimum absolute atomic E-state index is 0.300. The van der Waals surface area contributed by atoms with Crippen molar-refractivity contribution in [3.63, 3.8) is 0 Å². The van der Waals surface area contributed by atoms with Gasteiger partial charge < -0.3 is 21.1 Å². The van der Waals surface area contributed by atoms with Crippen LogP contribution in [0.1, 0.15) is 12.0 Å². The number of urea groups is 1. The van der Waals surface area contributed by atoms with Gasteiger partial charge in [-0.25, -0.2) is 9.59 Å². The van der Waals surface area contributed by atoms with E-state index in [4.69, 9.17) is 10.8 Å². The van der Waals surface area contributed by atoms with Crippen molar-refractivity contribution in [2.75, 3.05) is 7.05 Å². The predicted octanol–water partition coefficient (Wildman–Crippen LogP) is 0.919. The number of carbonyl (C=O) groups is 3. The lowest BCUT2D eigenvalue weighted by molar-refractivity contribution is -0.140. The third-order valence-electron chi connectivity index (χ3n) is 2.66. The van der Waals surface area contributed by atoms with Crippen molar-refractivity contribution in [3.05, 3.63) is 34.3 Å². The minimum Gasteiger partial charge on any atom is -0.480 e. The highest BCUT2D eigenvalue weighted by atomic mass is 79.9. The first-order valence-electron chi connectivity index (χ1n) is 6.06. The number of amides is 3. The highest BCUT2D eigenvalue weighted by Gasteiger charge is 2.23. The van der Waals surface area contributed by atoms with Crippen LogP contribution in [0.25, 0.3) is 0 Å². The van der Waals surface area contributed by atoms with Crippen molar-refractivity contribution in [1.82, 2.24) is 10.2 Å². The summed E-state index contributed by atoms with van der Waals surface area (Å²) in [5.41, 5.74) is 5.83. The molecule has 0 fully saturated rings. The first-order valence-corrected chi connectivity index (χ1v) is 6.86. The molecule has 1 rings (SSSR count). The van der Waals surface area contributed by atoms with Gasteiger partial charge in [0.25, 0.3) is 0 Å². The molecule has 8 heteroatoms. The van der Waals surface area contributed by atoms with E-state index >= 15 is 0 Å². The fourth-order valence-corrected chi connectivity index (χ4v) is 2.09. The molecule has 0 aliphatic carbocycles. The lowest BCUT2D eigenvalue weighted by atomic mass is 10.2. The Kier molecular flexibility index (Phi) is 6.16. The molecular formula is C13H16BrN3O4. The van der Waals surface area contributed by atoms with Gasteiger partial charge in [0.1, 0.15) is 6.04 Å². The van der Waals surface area contributed by atoms with Gasteiger partial charge >= 0.3 is 12.0 Å². The number of hydrogen-bond acceptors (Lipinski definition) is 3.